The van der Waals surface area contributed by atoms with E-state index in [0.29, 0.717) is 6.07 Å². The molecule has 0 radical (unpaired) electrons. The van der Waals surface area contributed by atoms with Crippen LogP contribution in [0, 0.1) is 0 Å². The summed E-state index contributed by atoms with van der Waals surface area (Å²) in [5.74, 6) is -0.916. The SMILES string of the molecule is Cn1ccc(-c2cc(C(F)(F)C(F)(F)F)nc3c2ccc2nc(C(=O)NN)cn23)n1. The van der Waals surface area contributed by atoms with Crippen molar-refractivity contribution in [3.8, 4) is 11.3 Å². The molecule has 30 heavy (non-hydrogen) atoms. The van der Waals surface area contributed by atoms with Gasteiger partial charge in [-0.15, -0.1) is 0 Å². The van der Waals surface area contributed by atoms with Gasteiger partial charge in [0.2, 0.25) is 0 Å². The number of nitrogens with two attached hydrogens (primary N) is 1. The third-order valence-corrected chi connectivity index (χ3v) is 4.43. The van der Waals surface area contributed by atoms with Gasteiger partial charge in [-0.25, -0.2) is 15.8 Å². The van der Waals surface area contributed by atoms with Crippen LogP contribution in [0.1, 0.15) is 16.2 Å². The fourth-order valence-corrected chi connectivity index (χ4v) is 2.99. The molecule has 3 N–H and O–H groups in total. The Morgan fingerprint density at radius 1 is 1.13 bits per heavy atom. The van der Waals surface area contributed by atoms with Gasteiger partial charge < -0.3 is 0 Å². The number of halogens is 5. The van der Waals surface area contributed by atoms with Crippen molar-refractivity contribution >= 4 is 22.6 Å². The molecule has 4 aromatic rings. The summed E-state index contributed by atoms with van der Waals surface area (Å²) in [4.78, 5) is 19.3. The molecule has 13 heteroatoms. The normalized spacial score (nSPS) is 12.6. The molecule has 4 rings (SSSR count). The topological polar surface area (TPSA) is 103 Å². The van der Waals surface area contributed by atoms with Crippen LogP contribution < -0.4 is 11.3 Å². The van der Waals surface area contributed by atoms with E-state index in [9.17, 15) is 26.7 Å². The maximum absolute atomic E-state index is 14.2. The van der Waals surface area contributed by atoms with Crippen molar-refractivity contribution in [1.82, 2.24) is 29.6 Å². The highest BCUT2D eigenvalue weighted by Gasteiger charge is 2.60. The van der Waals surface area contributed by atoms with Crippen molar-refractivity contribution in [3.05, 3.63) is 48.0 Å². The number of nitrogen functional groups attached to an aromatic ring is 1. The molecule has 0 fully saturated rings. The summed E-state index contributed by atoms with van der Waals surface area (Å²) in [6.45, 7) is 0. The Labute approximate surface area is 164 Å². The number of imidazole rings is 1. The molecule has 0 saturated carbocycles. The van der Waals surface area contributed by atoms with Gasteiger partial charge in [-0.3, -0.25) is 19.3 Å². The lowest BCUT2D eigenvalue weighted by Gasteiger charge is -2.20. The molecule has 0 bridgehead atoms. The quantitative estimate of drug-likeness (QED) is 0.227. The third kappa shape index (κ3) is 2.94. The highest BCUT2D eigenvalue weighted by Crippen LogP contribution is 2.44. The van der Waals surface area contributed by atoms with Crippen molar-refractivity contribution in [2.75, 3.05) is 0 Å². The number of hydrogen-bond donors (Lipinski definition) is 2. The zero-order valence-electron chi connectivity index (χ0n) is 15.1. The fourth-order valence-electron chi connectivity index (χ4n) is 2.99. The molecule has 0 aliphatic heterocycles. The summed E-state index contributed by atoms with van der Waals surface area (Å²) in [6.07, 6.45) is -3.20. The smallest absolute Gasteiger partial charge is 0.289 e. The minimum Gasteiger partial charge on any atom is -0.289 e. The maximum atomic E-state index is 14.2. The average Bonchev–Trinajstić information content (AvgIpc) is 3.31. The molecule has 0 unspecified atom stereocenters. The molecule has 4 heterocycles. The van der Waals surface area contributed by atoms with Gasteiger partial charge in [-0.2, -0.15) is 27.1 Å². The van der Waals surface area contributed by atoms with Crippen LogP contribution in [0.2, 0.25) is 0 Å². The lowest BCUT2D eigenvalue weighted by Crippen LogP contribution is -2.34. The summed E-state index contributed by atoms with van der Waals surface area (Å²) >= 11 is 0. The van der Waals surface area contributed by atoms with Gasteiger partial charge in [0.25, 0.3) is 5.91 Å². The number of aromatic nitrogens is 5. The van der Waals surface area contributed by atoms with Crippen LogP contribution >= 0.6 is 0 Å². The summed E-state index contributed by atoms with van der Waals surface area (Å²) in [5.41, 5.74) is 0.233. The van der Waals surface area contributed by atoms with Gasteiger partial charge in [-0.1, -0.05) is 0 Å². The van der Waals surface area contributed by atoms with E-state index in [-0.39, 0.29) is 33.6 Å². The van der Waals surface area contributed by atoms with Gasteiger partial charge in [0.05, 0.1) is 5.69 Å². The second kappa shape index (κ2) is 6.45. The molecule has 0 aliphatic carbocycles. The van der Waals surface area contributed by atoms with Crippen LogP contribution in [-0.2, 0) is 13.0 Å². The molecule has 156 valence electrons. The molecule has 0 spiro atoms. The summed E-state index contributed by atoms with van der Waals surface area (Å²) in [7, 11) is 1.57. The summed E-state index contributed by atoms with van der Waals surface area (Å²) < 4.78 is 69.9. The molecule has 0 atom stereocenters. The molecular weight excluding hydrogens is 413 g/mol. The number of aryl methyl sites for hydroxylation is 1. The van der Waals surface area contributed by atoms with Crippen LogP contribution in [0.25, 0.3) is 27.9 Å². The van der Waals surface area contributed by atoms with Crippen LogP contribution in [0.15, 0.2) is 36.7 Å². The number of nitrogens with zero attached hydrogens (tertiary/aromatic N) is 5. The number of hydrazine groups is 1. The Hall–Kier alpha value is -3.61. The Morgan fingerprint density at radius 2 is 1.87 bits per heavy atom. The van der Waals surface area contributed by atoms with E-state index >= 15 is 0 Å². The first-order valence-corrected chi connectivity index (χ1v) is 8.32. The van der Waals surface area contributed by atoms with E-state index in [0.717, 1.165) is 10.6 Å². The number of carbonyl (C=O) groups excluding carboxylic acids is 1. The monoisotopic (exact) mass is 425 g/mol. The van der Waals surface area contributed by atoms with E-state index in [1.165, 1.54) is 29.1 Å². The number of nitrogens with one attached hydrogen (secondary N) is 1. The lowest BCUT2D eigenvalue weighted by molar-refractivity contribution is -0.290. The van der Waals surface area contributed by atoms with Crippen LogP contribution in [-0.4, -0.2) is 36.2 Å². The van der Waals surface area contributed by atoms with Crippen LogP contribution in [0.3, 0.4) is 0 Å². The van der Waals surface area contributed by atoms with Gasteiger partial charge >= 0.3 is 12.1 Å². The Morgan fingerprint density at radius 3 is 2.47 bits per heavy atom. The molecular formula is C17H12F5N7O. The highest BCUT2D eigenvalue weighted by atomic mass is 19.4. The van der Waals surface area contributed by atoms with E-state index in [1.807, 2.05) is 5.43 Å². The van der Waals surface area contributed by atoms with Crippen LogP contribution in [0.4, 0.5) is 22.0 Å². The lowest BCUT2D eigenvalue weighted by atomic mass is 10.0. The predicted octanol–water partition coefficient (Wildman–Crippen LogP) is 2.54. The number of carbonyl (C=O) groups is 1. The van der Waals surface area contributed by atoms with E-state index in [1.54, 1.807) is 7.05 Å². The number of hydrogen-bond acceptors (Lipinski definition) is 5. The Kier molecular flexibility index (Phi) is 4.23. The highest BCUT2D eigenvalue weighted by molar-refractivity contribution is 5.96. The van der Waals surface area contributed by atoms with Crippen molar-refractivity contribution < 1.29 is 26.7 Å². The summed E-state index contributed by atoms with van der Waals surface area (Å²) in [5, 5.41) is 4.34. The summed E-state index contributed by atoms with van der Waals surface area (Å²) in [6, 6.07) is 5.05. The average molecular weight is 425 g/mol. The Balaban J connectivity index is 2.10. The van der Waals surface area contributed by atoms with Crippen molar-refractivity contribution in [1.29, 1.82) is 0 Å². The number of alkyl halides is 5. The maximum Gasteiger partial charge on any atom is 0.459 e. The molecule has 0 saturated heterocycles. The molecule has 8 nitrogen and oxygen atoms in total. The predicted molar refractivity (Wildman–Crippen MR) is 94.3 cm³/mol. The molecule has 0 aliphatic rings. The first-order chi connectivity index (χ1) is 14.0. The zero-order chi connectivity index (χ0) is 21.8. The fraction of sp³-hybridized carbons (Fsp3) is 0.176. The number of rotatable bonds is 3. The van der Waals surface area contributed by atoms with E-state index in [2.05, 4.69) is 15.1 Å². The van der Waals surface area contributed by atoms with Crippen molar-refractivity contribution in [2.24, 2.45) is 12.9 Å². The number of fused-ring (bicyclic) bond motifs is 3. The molecule has 4 aromatic heterocycles. The van der Waals surface area contributed by atoms with Crippen LogP contribution in [0.5, 0.6) is 0 Å². The van der Waals surface area contributed by atoms with Crippen molar-refractivity contribution in [2.45, 2.75) is 12.1 Å². The standard InChI is InChI=1S/C17H12F5N7O/c1-28-5-4-10(27-28)9-6-12(16(18,19)17(20,21)22)25-14-8(9)2-3-13-24-11(7-29(13)14)15(30)26-23/h2-7H,23H2,1H3,(H,26,30). The second-order valence-electron chi connectivity index (χ2n) is 6.40. The van der Waals surface area contributed by atoms with Gasteiger partial charge in [0.15, 0.2) is 0 Å². The van der Waals surface area contributed by atoms with Crippen molar-refractivity contribution in [3.63, 3.8) is 0 Å². The van der Waals surface area contributed by atoms with Gasteiger partial charge in [0.1, 0.15) is 22.7 Å². The number of amides is 1. The molecule has 0 aromatic carbocycles. The Bertz CT molecular complexity index is 1290. The zero-order valence-corrected chi connectivity index (χ0v) is 15.1. The second-order valence-corrected chi connectivity index (χ2v) is 6.40. The first kappa shape index (κ1) is 19.7. The van der Waals surface area contributed by atoms with Gasteiger partial charge in [-0.05, 0) is 24.3 Å². The third-order valence-electron chi connectivity index (χ3n) is 4.43. The van der Waals surface area contributed by atoms with E-state index in [4.69, 9.17) is 5.84 Å². The molecule has 1 amide bonds. The van der Waals surface area contributed by atoms with E-state index < -0.39 is 23.7 Å². The van der Waals surface area contributed by atoms with Gasteiger partial charge in [0, 0.05) is 30.4 Å². The first-order valence-electron chi connectivity index (χ1n) is 8.32. The minimum atomic E-state index is -5.86. The number of pyridine rings is 2. The largest absolute Gasteiger partial charge is 0.459 e. The minimum absolute atomic E-state index is 0.0138.